The molecule has 0 spiro atoms. The minimum atomic E-state index is -0.829. The number of aromatic nitrogens is 2. The maximum Gasteiger partial charge on any atom is 0.322 e. The van der Waals surface area contributed by atoms with Crippen LogP contribution in [0.4, 0.5) is 14.8 Å². The van der Waals surface area contributed by atoms with Crippen LogP contribution in [0, 0.1) is 11.6 Å². The number of carbonyl (C=O) groups is 1. The van der Waals surface area contributed by atoms with Gasteiger partial charge in [-0.15, -0.1) is 5.10 Å². The molecule has 0 bridgehead atoms. The molecule has 0 radical (unpaired) electrons. The molecule has 3 aromatic rings. The predicted octanol–water partition coefficient (Wildman–Crippen LogP) is 4.56. The van der Waals surface area contributed by atoms with E-state index in [1.807, 2.05) is 12.1 Å². The van der Waals surface area contributed by atoms with E-state index < -0.39 is 17.5 Å². The normalized spacial score (nSPS) is 11.4. The highest BCUT2D eigenvalue weighted by atomic mass is 19.1. The third kappa shape index (κ3) is 3.77. The molecule has 3 rings (SSSR count). The molecule has 1 N–H and O–H groups in total. The van der Waals surface area contributed by atoms with Crippen molar-refractivity contribution in [2.45, 2.75) is 26.2 Å². The van der Waals surface area contributed by atoms with E-state index in [4.69, 9.17) is 4.42 Å². The highest BCUT2D eigenvalue weighted by Gasteiger charge is 2.17. The highest BCUT2D eigenvalue weighted by molar-refractivity contribution is 6.03. The van der Waals surface area contributed by atoms with E-state index in [1.165, 1.54) is 6.07 Å². The van der Waals surface area contributed by atoms with Crippen LogP contribution >= 0.6 is 0 Å². The number of nitrogens with zero attached hydrogens (tertiary/aromatic N) is 2. The van der Waals surface area contributed by atoms with E-state index in [-0.39, 0.29) is 22.9 Å². The molecule has 7 heteroatoms. The molecule has 5 nitrogen and oxygen atoms in total. The van der Waals surface area contributed by atoms with E-state index in [0.29, 0.717) is 11.6 Å². The molecular formula is C19H17F2N3O2. The molecule has 134 valence electrons. The molecule has 0 atom stereocenters. The van der Waals surface area contributed by atoms with Crippen LogP contribution in [-0.2, 0) is 5.41 Å². The molecule has 0 saturated carbocycles. The van der Waals surface area contributed by atoms with E-state index >= 15 is 0 Å². The first-order chi connectivity index (χ1) is 12.2. The Morgan fingerprint density at radius 1 is 1.04 bits per heavy atom. The van der Waals surface area contributed by atoms with Crippen molar-refractivity contribution in [2.24, 2.45) is 0 Å². The second-order valence-corrected chi connectivity index (χ2v) is 6.82. The van der Waals surface area contributed by atoms with Crippen molar-refractivity contribution in [3.8, 4) is 11.5 Å². The van der Waals surface area contributed by atoms with Crippen LogP contribution in [0.25, 0.3) is 11.5 Å². The lowest BCUT2D eigenvalue weighted by molar-refractivity contribution is 0.102. The summed E-state index contributed by atoms with van der Waals surface area (Å²) in [6, 6.07) is 9.97. The second-order valence-electron chi connectivity index (χ2n) is 6.82. The molecule has 1 heterocycles. The van der Waals surface area contributed by atoms with Gasteiger partial charge in [0.15, 0.2) is 0 Å². The van der Waals surface area contributed by atoms with Crippen LogP contribution in [0.15, 0.2) is 46.9 Å². The molecule has 26 heavy (non-hydrogen) atoms. The molecule has 0 aliphatic rings. The van der Waals surface area contributed by atoms with Gasteiger partial charge in [-0.25, -0.2) is 8.78 Å². The van der Waals surface area contributed by atoms with Crippen molar-refractivity contribution < 1.29 is 18.0 Å². The molecule has 0 aliphatic heterocycles. The minimum Gasteiger partial charge on any atom is -0.403 e. The summed E-state index contributed by atoms with van der Waals surface area (Å²) < 4.78 is 32.0. The summed E-state index contributed by atoms with van der Waals surface area (Å²) >= 11 is 0. The van der Waals surface area contributed by atoms with Crippen LogP contribution < -0.4 is 5.32 Å². The highest BCUT2D eigenvalue weighted by Crippen LogP contribution is 2.24. The minimum absolute atomic E-state index is 0.0182. The summed E-state index contributed by atoms with van der Waals surface area (Å²) in [6.45, 7) is 6.24. The summed E-state index contributed by atoms with van der Waals surface area (Å²) in [5.74, 6) is -2.12. The Morgan fingerprint density at radius 3 is 2.35 bits per heavy atom. The van der Waals surface area contributed by atoms with Crippen LogP contribution in [0.3, 0.4) is 0 Å². The Labute approximate surface area is 149 Å². The van der Waals surface area contributed by atoms with Gasteiger partial charge in [0.25, 0.3) is 11.8 Å². The summed E-state index contributed by atoms with van der Waals surface area (Å²) in [5, 5.41) is 9.81. The number of halogens is 2. The van der Waals surface area contributed by atoms with Crippen molar-refractivity contribution in [1.29, 1.82) is 0 Å². The number of hydrogen-bond donors (Lipinski definition) is 1. The lowest BCUT2D eigenvalue weighted by Gasteiger charge is -2.18. The zero-order valence-corrected chi connectivity index (χ0v) is 14.5. The first kappa shape index (κ1) is 17.7. The number of amides is 1. The van der Waals surface area contributed by atoms with Gasteiger partial charge in [0.2, 0.25) is 0 Å². The molecule has 2 aromatic carbocycles. The Bertz CT molecular complexity index is 944. The van der Waals surface area contributed by atoms with Gasteiger partial charge in [0.1, 0.15) is 11.6 Å². The van der Waals surface area contributed by atoms with Gasteiger partial charge in [-0.2, -0.15) is 0 Å². The van der Waals surface area contributed by atoms with Crippen LogP contribution in [-0.4, -0.2) is 16.1 Å². The molecule has 0 fully saturated rings. The zero-order chi connectivity index (χ0) is 18.9. The molecule has 1 aromatic heterocycles. The number of rotatable bonds is 3. The van der Waals surface area contributed by atoms with Crippen molar-refractivity contribution in [2.75, 3.05) is 5.32 Å². The van der Waals surface area contributed by atoms with Gasteiger partial charge < -0.3 is 4.42 Å². The number of hydrogen-bond acceptors (Lipinski definition) is 4. The smallest absolute Gasteiger partial charge is 0.322 e. The van der Waals surface area contributed by atoms with Crippen LogP contribution in [0.5, 0.6) is 0 Å². The fourth-order valence-electron chi connectivity index (χ4n) is 2.34. The average Bonchev–Trinajstić information content (AvgIpc) is 3.02. The van der Waals surface area contributed by atoms with Crippen molar-refractivity contribution >= 4 is 11.9 Å². The van der Waals surface area contributed by atoms with Gasteiger partial charge in [-0.1, -0.05) is 38.0 Å². The van der Waals surface area contributed by atoms with Crippen LogP contribution in [0.2, 0.25) is 0 Å². The van der Waals surface area contributed by atoms with E-state index in [9.17, 15) is 13.6 Å². The third-order valence-corrected chi connectivity index (χ3v) is 3.82. The molecular weight excluding hydrogens is 340 g/mol. The van der Waals surface area contributed by atoms with Gasteiger partial charge >= 0.3 is 6.01 Å². The Balaban J connectivity index is 1.75. The lowest BCUT2D eigenvalue weighted by Crippen LogP contribution is -2.14. The van der Waals surface area contributed by atoms with Gasteiger partial charge in [0.05, 0.1) is 5.56 Å². The van der Waals surface area contributed by atoms with E-state index in [2.05, 4.69) is 36.3 Å². The summed E-state index contributed by atoms with van der Waals surface area (Å²) in [7, 11) is 0. The summed E-state index contributed by atoms with van der Waals surface area (Å²) in [4.78, 5) is 12.3. The van der Waals surface area contributed by atoms with Gasteiger partial charge in [0, 0.05) is 11.6 Å². The standard InChI is InChI=1S/C19H17F2N3O2/c1-19(2,3)12-6-4-11(5-7-12)16(25)22-18-24-23-17(26-18)14-9-8-13(20)10-15(14)21/h4-10H,1-3H3,(H,22,24,25). The largest absolute Gasteiger partial charge is 0.403 e. The average molecular weight is 357 g/mol. The number of benzene rings is 2. The Kier molecular flexibility index (Phi) is 4.54. The summed E-state index contributed by atoms with van der Waals surface area (Å²) in [5.41, 5.74) is 1.45. The van der Waals surface area contributed by atoms with Crippen molar-refractivity contribution in [3.63, 3.8) is 0 Å². The third-order valence-electron chi connectivity index (χ3n) is 3.82. The molecule has 0 unspecified atom stereocenters. The molecule has 1 amide bonds. The number of anilines is 1. The van der Waals surface area contributed by atoms with Crippen LogP contribution in [0.1, 0.15) is 36.7 Å². The predicted molar refractivity (Wildman–Crippen MR) is 92.7 cm³/mol. The Hall–Kier alpha value is -3.09. The number of nitrogens with one attached hydrogen (secondary N) is 1. The SMILES string of the molecule is CC(C)(C)c1ccc(C(=O)Nc2nnc(-c3ccc(F)cc3F)o2)cc1. The number of carbonyl (C=O) groups excluding carboxylic acids is 1. The van der Waals surface area contributed by atoms with E-state index in [1.54, 1.807) is 12.1 Å². The van der Waals surface area contributed by atoms with Crippen molar-refractivity contribution in [1.82, 2.24) is 10.2 Å². The van der Waals surface area contributed by atoms with Crippen molar-refractivity contribution in [3.05, 3.63) is 65.2 Å². The van der Waals surface area contributed by atoms with Gasteiger partial charge in [-0.3, -0.25) is 10.1 Å². The second kappa shape index (κ2) is 6.67. The van der Waals surface area contributed by atoms with E-state index in [0.717, 1.165) is 11.6 Å². The monoisotopic (exact) mass is 357 g/mol. The molecule has 0 aliphatic carbocycles. The lowest BCUT2D eigenvalue weighted by atomic mass is 9.87. The molecule has 0 saturated heterocycles. The van der Waals surface area contributed by atoms with Gasteiger partial charge in [-0.05, 0) is 35.2 Å². The maximum atomic E-state index is 13.8. The zero-order valence-electron chi connectivity index (χ0n) is 14.5. The Morgan fingerprint density at radius 2 is 1.73 bits per heavy atom. The fourth-order valence-corrected chi connectivity index (χ4v) is 2.34. The maximum absolute atomic E-state index is 13.8. The summed E-state index contributed by atoms with van der Waals surface area (Å²) in [6.07, 6.45) is 0. The fraction of sp³-hybridized carbons (Fsp3) is 0.211. The first-order valence-corrected chi connectivity index (χ1v) is 7.95. The quantitative estimate of drug-likeness (QED) is 0.746. The first-order valence-electron chi connectivity index (χ1n) is 7.95. The topological polar surface area (TPSA) is 68.0 Å².